The molecule has 0 heterocycles. The molecule has 3 rings (SSSR count). The summed E-state index contributed by atoms with van der Waals surface area (Å²) in [5.41, 5.74) is 0.658. The lowest BCUT2D eigenvalue weighted by Gasteiger charge is -2.29. The molecule has 0 saturated heterocycles. The summed E-state index contributed by atoms with van der Waals surface area (Å²) in [6, 6.07) is 16.4. The first-order valence-electron chi connectivity index (χ1n) is 15.8. The maximum absolute atomic E-state index is 13.1. The molecule has 3 atom stereocenters. The molecule has 0 aromatic heterocycles. The van der Waals surface area contributed by atoms with Gasteiger partial charge in [-0.1, -0.05) is 94.3 Å². The topological polar surface area (TPSA) is 99.1 Å². The van der Waals surface area contributed by atoms with Gasteiger partial charge >= 0.3 is 23.7 Å². The van der Waals surface area contributed by atoms with Crippen LogP contribution in [-0.4, -0.2) is 42.0 Å². The lowest BCUT2D eigenvalue weighted by atomic mass is 9.83. The van der Waals surface area contributed by atoms with Gasteiger partial charge in [0.05, 0.1) is 24.3 Å². The number of rotatable bonds is 16. The van der Waals surface area contributed by atoms with Gasteiger partial charge in [-0.15, -0.1) is 0 Å². The Labute approximate surface area is 262 Å². The Morgan fingerprint density at radius 3 is 2.00 bits per heavy atom. The lowest BCUT2D eigenvalue weighted by molar-refractivity contribution is -0.209. The SMILES string of the molecule is CCCCC(C)(C)C/C=C/[C@@H]1[C@@H](C/C=C\CCC(OC(=O)c2ccccc2)(OC(=O)c2ccccc2)C(=O)OC)CC[C@H]1O. The van der Waals surface area contributed by atoms with E-state index in [0.29, 0.717) is 5.92 Å². The van der Waals surface area contributed by atoms with Crippen LogP contribution < -0.4 is 0 Å². The zero-order valence-electron chi connectivity index (χ0n) is 26.6. The van der Waals surface area contributed by atoms with Crippen LogP contribution in [0.25, 0.3) is 0 Å². The van der Waals surface area contributed by atoms with E-state index in [1.165, 1.54) is 19.3 Å². The molecule has 238 valence electrons. The van der Waals surface area contributed by atoms with Gasteiger partial charge in [0.25, 0.3) is 0 Å². The van der Waals surface area contributed by atoms with Crippen LogP contribution in [0.15, 0.2) is 85.0 Å². The summed E-state index contributed by atoms with van der Waals surface area (Å²) in [6.07, 6.45) is 15.2. The normalized spacial score (nSPS) is 18.9. The molecule has 1 aliphatic carbocycles. The number of carbonyl (C=O) groups is 3. The number of aliphatic hydroxyl groups is 1. The van der Waals surface area contributed by atoms with E-state index >= 15 is 0 Å². The van der Waals surface area contributed by atoms with Gasteiger partial charge in [-0.3, -0.25) is 0 Å². The van der Waals surface area contributed by atoms with E-state index in [2.05, 4.69) is 32.9 Å². The van der Waals surface area contributed by atoms with Crippen molar-refractivity contribution in [2.75, 3.05) is 7.11 Å². The molecule has 1 fully saturated rings. The van der Waals surface area contributed by atoms with E-state index in [1.54, 1.807) is 60.7 Å². The maximum Gasteiger partial charge on any atom is 0.392 e. The van der Waals surface area contributed by atoms with Gasteiger partial charge in [0.2, 0.25) is 0 Å². The van der Waals surface area contributed by atoms with Crippen molar-refractivity contribution in [1.82, 2.24) is 0 Å². The summed E-state index contributed by atoms with van der Waals surface area (Å²) < 4.78 is 16.3. The lowest BCUT2D eigenvalue weighted by Crippen LogP contribution is -2.48. The fourth-order valence-corrected chi connectivity index (χ4v) is 5.64. The number of hydrogen-bond acceptors (Lipinski definition) is 7. The summed E-state index contributed by atoms with van der Waals surface area (Å²) in [7, 11) is 1.16. The Hall–Kier alpha value is -3.71. The average molecular weight is 605 g/mol. The van der Waals surface area contributed by atoms with Gasteiger partial charge < -0.3 is 19.3 Å². The van der Waals surface area contributed by atoms with Crippen LogP contribution in [0.1, 0.15) is 99.3 Å². The Bertz CT molecular complexity index is 1200. The third kappa shape index (κ3) is 10.2. The highest BCUT2D eigenvalue weighted by Crippen LogP contribution is 2.37. The fourth-order valence-electron chi connectivity index (χ4n) is 5.64. The third-order valence-corrected chi connectivity index (χ3v) is 8.33. The van der Waals surface area contributed by atoms with E-state index in [1.807, 2.05) is 12.2 Å². The van der Waals surface area contributed by atoms with Gasteiger partial charge in [0.15, 0.2) is 0 Å². The van der Waals surface area contributed by atoms with Gasteiger partial charge in [-0.25, -0.2) is 14.4 Å². The minimum atomic E-state index is -2.28. The molecule has 0 spiro atoms. The zero-order chi connectivity index (χ0) is 32.0. The molecule has 7 nitrogen and oxygen atoms in total. The van der Waals surface area contributed by atoms with Crippen LogP contribution in [0, 0.1) is 17.3 Å². The van der Waals surface area contributed by atoms with Crippen LogP contribution >= 0.6 is 0 Å². The third-order valence-electron chi connectivity index (χ3n) is 8.33. The van der Waals surface area contributed by atoms with Crippen molar-refractivity contribution in [1.29, 1.82) is 0 Å². The number of aliphatic hydroxyl groups excluding tert-OH is 1. The quantitative estimate of drug-likeness (QED) is 0.118. The van der Waals surface area contributed by atoms with Crippen LogP contribution in [0.2, 0.25) is 0 Å². The number of allylic oxidation sites excluding steroid dienone is 3. The molecule has 2 aromatic rings. The van der Waals surface area contributed by atoms with Crippen molar-refractivity contribution in [3.63, 3.8) is 0 Å². The number of hydrogen-bond donors (Lipinski definition) is 1. The smallest absolute Gasteiger partial charge is 0.392 e. The highest BCUT2D eigenvalue weighted by Gasteiger charge is 2.48. The number of unbranched alkanes of at least 4 members (excludes halogenated alkanes) is 1. The predicted molar refractivity (Wildman–Crippen MR) is 171 cm³/mol. The second-order valence-electron chi connectivity index (χ2n) is 12.4. The summed E-state index contributed by atoms with van der Waals surface area (Å²) in [6.45, 7) is 6.80. The van der Waals surface area contributed by atoms with E-state index in [-0.39, 0.29) is 41.4 Å². The highest BCUT2D eigenvalue weighted by molar-refractivity contribution is 5.95. The zero-order valence-corrected chi connectivity index (χ0v) is 26.6. The number of carbonyl (C=O) groups excluding carboxylic acids is 3. The van der Waals surface area contributed by atoms with Gasteiger partial charge in [0, 0.05) is 12.3 Å². The Balaban J connectivity index is 1.70. The van der Waals surface area contributed by atoms with Crippen LogP contribution in [0.4, 0.5) is 0 Å². The van der Waals surface area contributed by atoms with Gasteiger partial charge in [0.1, 0.15) is 0 Å². The van der Waals surface area contributed by atoms with Crippen molar-refractivity contribution in [2.45, 2.75) is 90.4 Å². The fraction of sp³-hybridized carbons (Fsp3) is 0.486. The van der Waals surface area contributed by atoms with Crippen molar-refractivity contribution >= 4 is 17.9 Å². The van der Waals surface area contributed by atoms with E-state index in [0.717, 1.165) is 32.8 Å². The molecule has 1 N–H and O–H groups in total. The predicted octanol–water partition coefficient (Wildman–Crippen LogP) is 7.85. The summed E-state index contributed by atoms with van der Waals surface area (Å²) >= 11 is 0. The summed E-state index contributed by atoms with van der Waals surface area (Å²) in [5, 5.41) is 10.7. The first-order chi connectivity index (χ1) is 21.1. The molecular formula is C37H48O7. The first kappa shape index (κ1) is 34.8. The molecular weight excluding hydrogens is 556 g/mol. The number of benzene rings is 2. The minimum Gasteiger partial charge on any atom is -0.463 e. The maximum atomic E-state index is 13.1. The first-order valence-corrected chi connectivity index (χ1v) is 15.8. The van der Waals surface area contributed by atoms with Crippen molar-refractivity contribution in [3.05, 3.63) is 96.1 Å². The highest BCUT2D eigenvalue weighted by atomic mass is 16.8. The average Bonchev–Trinajstić information content (AvgIpc) is 3.38. The van der Waals surface area contributed by atoms with Crippen molar-refractivity contribution in [3.8, 4) is 0 Å². The number of ether oxygens (including phenoxy) is 3. The van der Waals surface area contributed by atoms with Gasteiger partial charge in [-0.2, -0.15) is 0 Å². The summed E-state index contributed by atoms with van der Waals surface area (Å²) in [5.74, 6) is -4.49. The molecule has 0 unspecified atom stereocenters. The van der Waals surface area contributed by atoms with Crippen LogP contribution in [-0.2, 0) is 19.0 Å². The van der Waals surface area contributed by atoms with E-state index in [9.17, 15) is 19.5 Å². The standard InChI is InChI=1S/C37H48O7/c1-5-6-25-36(2,3)26-16-22-31-28(23-24-32(31)38)17-14-9-15-27-37(35(41)42-4,43-33(39)29-18-10-7-11-19-29)44-34(40)30-20-12-8-13-21-30/h7-14,16,18-22,28,31-32,38H,5-6,15,17,23-27H2,1-4H3/b14-9-,22-16+/t28-,31+,32+/m0/s1. The molecule has 1 aliphatic rings. The Morgan fingerprint density at radius 2 is 1.45 bits per heavy atom. The van der Waals surface area contributed by atoms with E-state index in [4.69, 9.17) is 14.2 Å². The van der Waals surface area contributed by atoms with Crippen LogP contribution in [0.5, 0.6) is 0 Å². The number of methoxy groups -OCH3 is 1. The second-order valence-corrected chi connectivity index (χ2v) is 12.4. The number of esters is 3. The molecule has 7 heteroatoms. The molecule has 0 radical (unpaired) electrons. The van der Waals surface area contributed by atoms with E-state index < -0.39 is 23.7 Å². The Kier molecular flexibility index (Phi) is 13.4. The summed E-state index contributed by atoms with van der Waals surface area (Å²) in [4.78, 5) is 39.2. The molecule has 1 saturated carbocycles. The Morgan fingerprint density at radius 1 is 0.864 bits per heavy atom. The molecule has 44 heavy (non-hydrogen) atoms. The molecule has 0 amide bonds. The van der Waals surface area contributed by atoms with Crippen LogP contribution in [0.3, 0.4) is 0 Å². The second kappa shape index (κ2) is 17.0. The van der Waals surface area contributed by atoms with Crippen molar-refractivity contribution < 1.29 is 33.7 Å². The minimum absolute atomic E-state index is 0.0921. The molecule has 0 bridgehead atoms. The molecule has 2 aromatic carbocycles. The largest absolute Gasteiger partial charge is 0.463 e. The van der Waals surface area contributed by atoms with Crippen molar-refractivity contribution in [2.24, 2.45) is 17.3 Å². The monoisotopic (exact) mass is 604 g/mol. The molecule has 0 aliphatic heterocycles. The van der Waals surface area contributed by atoms with Gasteiger partial charge in [-0.05, 0) is 74.1 Å².